The van der Waals surface area contributed by atoms with Crippen molar-refractivity contribution >= 4 is 70.0 Å². The molecule has 0 unspecified atom stereocenters. The van der Waals surface area contributed by atoms with E-state index in [2.05, 4.69) is 199 Å². The molecule has 0 atom stereocenters. The number of rotatable bonds is 8. The van der Waals surface area contributed by atoms with E-state index in [4.69, 9.17) is 9.97 Å². The molecule has 10 aliphatic rings. The number of carbonyl (C=O) groups excluding carboxylic acids is 4. The van der Waals surface area contributed by atoms with E-state index >= 15 is 0 Å². The van der Waals surface area contributed by atoms with E-state index in [0.717, 1.165) is 293 Å². The van der Waals surface area contributed by atoms with Gasteiger partial charge >= 0.3 is 0 Å². The van der Waals surface area contributed by atoms with Gasteiger partial charge in [-0.2, -0.15) is 0 Å². The molecule has 4 amide bonds. The van der Waals surface area contributed by atoms with Crippen molar-refractivity contribution in [3.8, 4) is 44.5 Å². The van der Waals surface area contributed by atoms with E-state index in [0.29, 0.717) is 49.3 Å². The molecule has 0 radical (unpaired) electrons. The van der Waals surface area contributed by atoms with Gasteiger partial charge in [-0.3, -0.25) is 19.2 Å². The number of amides is 4. The number of hydrogen-bond acceptors (Lipinski definition) is 8. The molecule has 13 heterocycles. The lowest BCUT2D eigenvalue weighted by Gasteiger charge is -2.40. The molecule has 10 aliphatic heterocycles. The molecule has 0 aliphatic carbocycles. The van der Waals surface area contributed by atoms with Gasteiger partial charge in [0.2, 0.25) is 23.6 Å². The van der Waals surface area contributed by atoms with Gasteiger partial charge < -0.3 is 48.3 Å². The predicted molar refractivity (Wildman–Crippen MR) is 568 cm³/mol. The molecule has 16 heteroatoms. The first-order valence-electron chi connectivity index (χ1n) is 55.6. The number of carbonyl (C=O) groups is 4. The molecule has 16 nitrogen and oxygen atoms in total. The molecule has 734 valence electrons. The smallest absolute Gasteiger partial charge is 0.222 e. The van der Waals surface area contributed by atoms with E-state index in [1.54, 1.807) is 0 Å². The standard InChI is InChI=1S/C120H172N12O4/c1-97-51-59-101(60-52-97)117-105-67-71-109(121-105)119(103-63-55-99(56-64-103)95-131-89-41-17-11-31-79-125-75-27-3-7-33-81-127(85-37-13-19-43-91-131)113(133)47-23-24-48-114(134)128(82-34-8-4-28-76-125)86-38-14-20-44-92-131)111-73-69-107(123-111)118(102-61-53-98(2)54-62-102)108-70-74-112(124-108)120(110-72-68-106(117)122-110)104-65-57-100(58-66-104)96-132-90-42-18-12-32-80-126-77-29-5-9-35-83-129(87-39-15-21-45-93-132)115(135)49-25-26-50-116(136)130(84-36-10-6-30-78-126)88-40-16-22-46-94-132/h51-74,121,124H,3-50,75-96H2,1-2H3/q+2. The number of benzene rings is 4. The normalized spacial score (nSPS) is 23.3. The minimum atomic E-state index is 0.293. The molecule has 3 aromatic heterocycles. The lowest BCUT2D eigenvalue weighted by molar-refractivity contribution is -0.941. The first-order valence-corrected chi connectivity index (χ1v) is 55.6. The summed E-state index contributed by atoms with van der Waals surface area (Å²) in [5.74, 6) is 1.17. The Labute approximate surface area is 819 Å². The summed E-state index contributed by atoms with van der Waals surface area (Å²) in [6, 6.07) is 46.6. The number of aromatic nitrogens is 4. The number of H-pyrrole nitrogens is 2. The van der Waals surface area contributed by atoms with Gasteiger partial charge in [0.1, 0.15) is 13.1 Å². The Hall–Kier alpha value is -8.80. The molecular formula is C120H172N12O4+2. The van der Waals surface area contributed by atoms with Crippen molar-refractivity contribution < 1.29 is 28.1 Å². The van der Waals surface area contributed by atoms with Gasteiger partial charge in [0, 0.05) is 133 Å². The fourth-order valence-electron chi connectivity index (χ4n) is 23.8. The third kappa shape index (κ3) is 30.6. The van der Waals surface area contributed by atoms with Crippen LogP contribution in [-0.4, -0.2) is 213 Å². The highest BCUT2D eigenvalue weighted by Crippen LogP contribution is 2.41. The van der Waals surface area contributed by atoms with Crippen LogP contribution in [0.1, 0.15) is 353 Å². The van der Waals surface area contributed by atoms with Crippen molar-refractivity contribution in [3.05, 3.63) is 166 Å². The molecule has 2 N–H and O–H groups in total. The lowest BCUT2D eigenvalue weighted by atomic mass is 10.0. The Morgan fingerprint density at radius 2 is 0.419 bits per heavy atom. The number of quaternary nitrogens is 2. The molecule has 16 bridgehead atoms. The maximum Gasteiger partial charge on any atom is 0.222 e. The number of hydrogen-bond donors (Lipinski definition) is 2. The zero-order valence-corrected chi connectivity index (χ0v) is 84.5. The Kier molecular flexibility index (Phi) is 40.4. The van der Waals surface area contributed by atoms with Crippen LogP contribution >= 0.6 is 0 Å². The van der Waals surface area contributed by atoms with Crippen molar-refractivity contribution in [2.45, 2.75) is 335 Å². The minimum absolute atomic E-state index is 0.293. The number of nitrogens with zero attached hydrogens (tertiary/aromatic N) is 10. The van der Waals surface area contributed by atoms with Gasteiger partial charge in [0.15, 0.2) is 0 Å². The zero-order valence-electron chi connectivity index (χ0n) is 84.5. The van der Waals surface area contributed by atoms with Gasteiger partial charge in [0.05, 0.1) is 62.0 Å². The largest absolute Gasteiger partial charge is 0.354 e. The SMILES string of the molecule is Cc1ccc(-c2c3nc(c(-c4ccc(C[N+]56CCCCCCN7CCCCCCN(CCCCCC5)C(=O)CCCCC(=O)N(CCCCCC7)CCCCCC6)cc4)c4ccc([nH]4)c(-c4ccc(C)cc4)c4nc(c(-c5ccc(C[N+]67CCCCCCN8CCCCCCN(CCCCCC6)C(=O)CCCCC(=O)N(CCCCCC8)CCCCCC7)cc5)c5ccc2[nH]5)C=C4)C=C3)cc1. The Bertz CT molecular complexity index is 4680. The van der Waals surface area contributed by atoms with Crippen LogP contribution in [0.25, 0.3) is 90.9 Å². The van der Waals surface area contributed by atoms with Gasteiger partial charge in [-0.25, -0.2) is 9.97 Å². The third-order valence-electron chi connectivity index (χ3n) is 32.0. The second-order valence-electron chi connectivity index (χ2n) is 42.7. The molecule has 8 fully saturated rings. The van der Waals surface area contributed by atoms with Gasteiger partial charge in [-0.1, -0.05) is 198 Å². The number of fused-ring (bicyclic) bond motifs is 68. The summed E-state index contributed by atoms with van der Waals surface area (Å²) >= 11 is 0. The van der Waals surface area contributed by atoms with E-state index in [1.807, 2.05) is 0 Å². The van der Waals surface area contributed by atoms with Crippen LogP contribution < -0.4 is 0 Å². The number of nitrogens with one attached hydrogen (secondary N) is 2. The second kappa shape index (κ2) is 54.1. The van der Waals surface area contributed by atoms with Crippen LogP contribution in [0.15, 0.2) is 121 Å². The molecule has 4 aromatic carbocycles. The van der Waals surface area contributed by atoms with Crippen molar-refractivity contribution in [2.75, 3.05) is 131 Å². The van der Waals surface area contributed by atoms with E-state index in [-0.39, 0.29) is 0 Å². The van der Waals surface area contributed by atoms with Crippen LogP contribution in [-0.2, 0) is 32.3 Å². The lowest BCUT2D eigenvalue weighted by Crippen LogP contribution is -2.49. The summed E-state index contributed by atoms with van der Waals surface area (Å²) in [5, 5.41) is 0. The number of aryl methyl sites for hydroxylation is 2. The molecule has 0 saturated carbocycles. The molecule has 0 spiro atoms. The zero-order chi connectivity index (χ0) is 93.6. The van der Waals surface area contributed by atoms with Crippen molar-refractivity contribution in [3.63, 3.8) is 0 Å². The van der Waals surface area contributed by atoms with Gasteiger partial charge in [0.25, 0.3) is 0 Å². The van der Waals surface area contributed by atoms with Crippen molar-refractivity contribution in [1.29, 1.82) is 0 Å². The maximum absolute atomic E-state index is 14.2. The first-order chi connectivity index (χ1) is 66.9. The Morgan fingerprint density at radius 3 is 0.632 bits per heavy atom. The summed E-state index contributed by atoms with van der Waals surface area (Å²) in [6.07, 6.45) is 61.5. The average molecular weight is 1850 g/mol. The highest BCUT2D eigenvalue weighted by molar-refractivity contribution is 6.00. The fourth-order valence-corrected chi connectivity index (χ4v) is 23.8. The van der Waals surface area contributed by atoms with Crippen molar-refractivity contribution in [1.82, 2.24) is 49.3 Å². The second-order valence-corrected chi connectivity index (χ2v) is 42.7. The molecule has 8 saturated heterocycles. The highest BCUT2D eigenvalue weighted by atomic mass is 16.2. The summed E-state index contributed by atoms with van der Waals surface area (Å²) in [4.78, 5) is 91.1. The number of aromatic amines is 2. The maximum atomic E-state index is 14.2. The molecule has 136 heavy (non-hydrogen) atoms. The van der Waals surface area contributed by atoms with Crippen LogP contribution in [0.2, 0.25) is 0 Å². The minimum Gasteiger partial charge on any atom is -0.354 e. The summed E-state index contributed by atoms with van der Waals surface area (Å²) < 4.78 is 2.17. The van der Waals surface area contributed by atoms with Gasteiger partial charge in [-0.05, 0) is 317 Å². The van der Waals surface area contributed by atoms with Crippen LogP contribution in [0.3, 0.4) is 0 Å². The summed E-state index contributed by atoms with van der Waals surface area (Å²) in [6.45, 7) is 27.1. The third-order valence-corrected chi connectivity index (χ3v) is 32.0. The fraction of sp³-hybridized carbons (Fsp3) is 0.600. The molecule has 7 aromatic rings. The molecular weight excluding hydrogens is 1670 g/mol. The van der Waals surface area contributed by atoms with Crippen LogP contribution in [0.4, 0.5) is 0 Å². The van der Waals surface area contributed by atoms with E-state index in [9.17, 15) is 19.2 Å². The quantitative estimate of drug-likeness (QED) is 0.143. The summed E-state index contributed by atoms with van der Waals surface area (Å²) in [7, 11) is 0. The van der Waals surface area contributed by atoms with E-state index < -0.39 is 0 Å². The van der Waals surface area contributed by atoms with E-state index in [1.165, 1.54) is 254 Å². The Morgan fingerprint density at radius 1 is 0.228 bits per heavy atom. The van der Waals surface area contributed by atoms with Crippen LogP contribution in [0, 0.1) is 13.8 Å². The monoisotopic (exact) mass is 1850 g/mol. The van der Waals surface area contributed by atoms with Crippen molar-refractivity contribution in [2.24, 2.45) is 0 Å². The first kappa shape index (κ1) is 102. The molecule has 17 rings (SSSR count). The summed E-state index contributed by atoms with van der Waals surface area (Å²) in [5.41, 5.74) is 21.4. The Balaban J connectivity index is 0.777. The van der Waals surface area contributed by atoms with Gasteiger partial charge in [-0.15, -0.1) is 0 Å². The van der Waals surface area contributed by atoms with Crippen LogP contribution in [0.5, 0.6) is 0 Å². The topological polar surface area (TPSA) is 145 Å². The average Bonchev–Trinajstić information content (AvgIpc) is 1.61. The highest BCUT2D eigenvalue weighted by Gasteiger charge is 2.32. The predicted octanol–water partition coefficient (Wildman–Crippen LogP) is 27.3.